The van der Waals surface area contributed by atoms with Crippen LogP contribution in [0.3, 0.4) is 0 Å². The summed E-state index contributed by atoms with van der Waals surface area (Å²) in [5.74, 6) is 0.643. The van der Waals surface area contributed by atoms with E-state index in [0.717, 1.165) is 30.5 Å². The maximum absolute atomic E-state index is 14.3. The van der Waals surface area contributed by atoms with Crippen LogP contribution in [-0.2, 0) is 27.5 Å². The molecule has 182 valence electrons. The maximum Gasteiger partial charge on any atom is 0.416 e. The Morgan fingerprint density at radius 2 is 1.94 bits per heavy atom. The molecule has 0 radical (unpaired) electrons. The Bertz CT molecular complexity index is 1230. The van der Waals surface area contributed by atoms with Crippen LogP contribution in [0.15, 0.2) is 36.4 Å². The van der Waals surface area contributed by atoms with Crippen LogP contribution in [0.4, 0.5) is 23.2 Å². The Balaban J connectivity index is 2.15. The summed E-state index contributed by atoms with van der Waals surface area (Å²) in [6, 6.07) is 5.30. The molecule has 0 heterocycles. The molecule has 0 saturated heterocycles. The van der Waals surface area contributed by atoms with Gasteiger partial charge < -0.3 is 10.1 Å². The first-order valence-corrected chi connectivity index (χ1v) is 11.8. The molecular weight excluding hydrogens is 476 g/mol. The fourth-order valence-corrected chi connectivity index (χ4v) is 3.35. The normalized spacial score (nSPS) is 11.8. The minimum Gasteiger partial charge on any atom is -0.493 e. The van der Waals surface area contributed by atoms with Crippen LogP contribution in [-0.4, -0.2) is 27.2 Å². The van der Waals surface area contributed by atoms with E-state index < -0.39 is 33.5 Å². The highest BCUT2D eigenvalue weighted by atomic mass is 32.2. The zero-order valence-electron chi connectivity index (χ0n) is 18.3. The first-order chi connectivity index (χ1) is 15.8. The van der Waals surface area contributed by atoms with Crippen molar-refractivity contribution in [2.75, 3.05) is 17.6 Å². The van der Waals surface area contributed by atoms with Gasteiger partial charge in [-0.25, -0.2) is 12.8 Å². The van der Waals surface area contributed by atoms with E-state index in [-0.39, 0.29) is 41.3 Å². The van der Waals surface area contributed by atoms with Gasteiger partial charge in [-0.2, -0.15) is 13.2 Å². The number of anilines is 1. The number of sulfonamides is 1. The molecule has 0 aromatic heterocycles. The zero-order valence-corrected chi connectivity index (χ0v) is 19.1. The van der Waals surface area contributed by atoms with Gasteiger partial charge in [-0.3, -0.25) is 9.52 Å². The number of alkyl halides is 3. The van der Waals surface area contributed by atoms with E-state index in [9.17, 15) is 30.8 Å². The molecule has 0 aliphatic heterocycles. The Morgan fingerprint density at radius 3 is 2.53 bits per heavy atom. The Labute approximate surface area is 195 Å². The number of terminal acetylenes is 1. The number of benzene rings is 2. The van der Waals surface area contributed by atoms with Gasteiger partial charge in [-0.1, -0.05) is 18.9 Å². The third-order valence-corrected chi connectivity index (χ3v) is 4.85. The van der Waals surface area contributed by atoms with Gasteiger partial charge in [0.1, 0.15) is 11.6 Å². The summed E-state index contributed by atoms with van der Waals surface area (Å²) in [4.78, 5) is 12.2. The van der Waals surface area contributed by atoms with Crippen molar-refractivity contribution < 1.29 is 35.5 Å². The highest BCUT2D eigenvalue weighted by Crippen LogP contribution is 2.33. The van der Waals surface area contributed by atoms with Crippen molar-refractivity contribution in [1.82, 2.24) is 5.32 Å². The monoisotopic (exact) mass is 498 g/mol. The molecular formula is C23H22F4N2O4S. The highest BCUT2D eigenvalue weighted by molar-refractivity contribution is 7.92. The van der Waals surface area contributed by atoms with Crippen molar-refractivity contribution in [1.29, 1.82) is 0 Å². The largest absolute Gasteiger partial charge is 0.493 e. The third kappa shape index (κ3) is 7.81. The summed E-state index contributed by atoms with van der Waals surface area (Å²) in [5.41, 5.74) is -0.754. The summed E-state index contributed by atoms with van der Waals surface area (Å²) in [7, 11) is -3.76. The maximum atomic E-state index is 14.3. The van der Waals surface area contributed by atoms with Crippen molar-refractivity contribution >= 4 is 27.7 Å². The van der Waals surface area contributed by atoms with Gasteiger partial charge in [-0.15, -0.1) is 6.42 Å². The summed E-state index contributed by atoms with van der Waals surface area (Å²) in [6.07, 6.45) is 4.61. The van der Waals surface area contributed by atoms with Crippen LogP contribution in [0.1, 0.15) is 35.6 Å². The molecule has 1 amide bonds. The van der Waals surface area contributed by atoms with Crippen LogP contribution >= 0.6 is 0 Å². The summed E-state index contributed by atoms with van der Waals surface area (Å²) >= 11 is 0. The molecule has 11 heteroatoms. The molecule has 2 aromatic carbocycles. The van der Waals surface area contributed by atoms with E-state index in [0.29, 0.717) is 6.42 Å². The number of nitrogens with one attached hydrogen (secondary N) is 2. The first kappa shape index (κ1) is 26.7. The lowest BCUT2D eigenvalue weighted by atomic mass is 10.1. The smallest absolute Gasteiger partial charge is 0.416 e. The van der Waals surface area contributed by atoms with Crippen molar-refractivity contribution in [2.24, 2.45) is 0 Å². The van der Waals surface area contributed by atoms with E-state index in [1.54, 1.807) is 6.92 Å². The Hall–Kier alpha value is -3.52. The van der Waals surface area contributed by atoms with Crippen LogP contribution in [0.25, 0.3) is 6.08 Å². The molecule has 0 saturated carbocycles. The topological polar surface area (TPSA) is 84.5 Å². The summed E-state index contributed by atoms with van der Waals surface area (Å²) in [6.45, 7) is 1.86. The molecule has 0 unspecified atom stereocenters. The van der Waals surface area contributed by atoms with Crippen molar-refractivity contribution in [3.63, 3.8) is 0 Å². The Morgan fingerprint density at radius 1 is 1.24 bits per heavy atom. The summed E-state index contributed by atoms with van der Waals surface area (Å²) < 4.78 is 83.4. The number of carbonyl (C=O) groups is 1. The summed E-state index contributed by atoms with van der Waals surface area (Å²) in [5, 5.41) is 2.49. The Kier molecular flexibility index (Phi) is 8.70. The lowest BCUT2D eigenvalue weighted by molar-refractivity contribution is -0.137. The average Bonchev–Trinajstić information content (AvgIpc) is 2.75. The minimum absolute atomic E-state index is 0.0181. The van der Waals surface area contributed by atoms with Gasteiger partial charge in [0.25, 0.3) is 0 Å². The third-order valence-electron chi connectivity index (χ3n) is 4.28. The van der Waals surface area contributed by atoms with Gasteiger partial charge >= 0.3 is 6.18 Å². The predicted octanol–water partition coefficient (Wildman–Crippen LogP) is 4.32. The van der Waals surface area contributed by atoms with E-state index >= 15 is 0 Å². The molecule has 6 nitrogen and oxygen atoms in total. The molecule has 0 bridgehead atoms. The average molecular weight is 498 g/mol. The second-order valence-electron chi connectivity index (χ2n) is 7.17. The number of carbonyl (C=O) groups excluding carboxylic acids is 1. The molecule has 0 fully saturated rings. The zero-order chi connectivity index (χ0) is 25.5. The standard InChI is InChI=1S/C23H22F4N2O4S/c1-4-10-33-20-13-18(23(25,26)27)8-6-17(20)7-9-21(30)28-14-15-11-16(5-2)22(19(24)12-15)29-34(3,31)32/h2,6-9,11-13,29H,4,10,14H2,1,3H3,(H,28,30)/b9-7-. The molecule has 0 atom stereocenters. The second-order valence-corrected chi connectivity index (χ2v) is 8.92. The van der Waals surface area contributed by atoms with Gasteiger partial charge in [-0.05, 0) is 42.3 Å². The fourth-order valence-electron chi connectivity index (χ4n) is 2.77. The van der Waals surface area contributed by atoms with Crippen molar-refractivity contribution in [3.8, 4) is 18.1 Å². The molecule has 0 aliphatic rings. The number of hydrogen-bond acceptors (Lipinski definition) is 4. The molecule has 0 aliphatic carbocycles. The van der Waals surface area contributed by atoms with Crippen molar-refractivity contribution in [2.45, 2.75) is 26.1 Å². The number of hydrogen-bond donors (Lipinski definition) is 2. The van der Waals surface area contributed by atoms with Gasteiger partial charge in [0.15, 0.2) is 0 Å². The van der Waals surface area contributed by atoms with Crippen LogP contribution < -0.4 is 14.8 Å². The second kappa shape index (κ2) is 11.1. The van der Waals surface area contributed by atoms with Crippen LogP contribution in [0.2, 0.25) is 0 Å². The van der Waals surface area contributed by atoms with Crippen LogP contribution in [0.5, 0.6) is 5.75 Å². The molecule has 34 heavy (non-hydrogen) atoms. The van der Waals surface area contributed by atoms with E-state index in [1.807, 2.05) is 4.72 Å². The quantitative estimate of drug-likeness (QED) is 0.307. The van der Waals surface area contributed by atoms with E-state index in [2.05, 4.69) is 11.2 Å². The van der Waals surface area contributed by atoms with Gasteiger partial charge in [0.2, 0.25) is 15.9 Å². The van der Waals surface area contributed by atoms with Gasteiger partial charge in [0.05, 0.1) is 29.7 Å². The molecule has 0 spiro atoms. The van der Waals surface area contributed by atoms with Crippen LogP contribution in [0, 0.1) is 18.2 Å². The number of amides is 1. The lowest BCUT2D eigenvalue weighted by Gasteiger charge is -2.13. The first-order valence-electron chi connectivity index (χ1n) is 9.90. The predicted molar refractivity (Wildman–Crippen MR) is 121 cm³/mol. The SMILES string of the molecule is C#Cc1cc(CNC(=O)/C=C\c2ccc(C(F)(F)F)cc2OCCC)cc(F)c1NS(C)(=O)=O. The number of rotatable bonds is 9. The lowest BCUT2D eigenvalue weighted by Crippen LogP contribution is -2.20. The molecule has 2 rings (SSSR count). The molecule has 2 N–H and O–H groups in total. The van der Waals surface area contributed by atoms with E-state index in [1.165, 1.54) is 18.2 Å². The fraction of sp³-hybridized carbons (Fsp3) is 0.261. The highest BCUT2D eigenvalue weighted by Gasteiger charge is 2.31. The number of ether oxygens (including phenoxy) is 1. The van der Waals surface area contributed by atoms with Gasteiger partial charge in [0, 0.05) is 18.2 Å². The van der Waals surface area contributed by atoms with E-state index in [4.69, 9.17) is 11.2 Å². The minimum atomic E-state index is -4.54. The number of halogens is 4. The van der Waals surface area contributed by atoms with Crippen molar-refractivity contribution in [3.05, 3.63) is 64.5 Å². The molecule has 2 aromatic rings.